The molecule has 1 aromatic carbocycles. The van der Waals surface area contributed by atoms with Crippen molar-refractivity contribution in [2.75, 3.05) is 12.8 Å². The quantitative estimate of drug-likeness (QED) is 0.504. The zero-order chi connectivity index (χ0) is 14.1. The lowest BCUT2D eigenvalue weighted by molar-refractivity contribution is -0.387. The summed E-state index contributed by atoms with van der Waals surface area (Å²) in [5, 5.41) is 10.9. The molecule has 18 heavy (non-hydrogen) atoms. The number of nitro groups is 1. The number of nitrogens with zero attached hydrogens (tertiary/aromatic N) is 2. The number of hydrogen-bond acceptors (Lipinski definition) is 5. The Labute approximate surface area is 105 Å². The summed E-state index contributed by atoms with van der Waals surface area (Å²) in [5.74, 6) is 0. The number of anilines is 1. The molecule has 0 heterocycles. The van der Waals surface area contributed by atoms with Crippen molar-refractivity contribution in [3.05, 3.63) is 28.3 Å². The number of benzene rings is 1. The largest absolute Gasteiger partial charge is 0.399 e. The fraction of sp³-hybridized carbons (Fsp3) is 0.400. The molecule has 0 amide bonds. The van der Waals surface area contributed by atoms with E-state index in [9.17, 15) is 18.5 Å². The normalized spacial score (nSPS) is 12.1. The van der Waals surface area contributed by atoms with Gasteiger partial charge in [0.15, 0.2) is 4.90 Å². The molecule has 0 bridgehead atoms. The van der Waals surface area contributed by atoms with Crippen molar-refractivity contribution in [2.24, 2.45) is 0 Å². The van der Waals surface area contributed by atoms with Crippen LogP contribution in [0.2, 0.25) is 0 Å². The van der Waals surface area contributed by atoms with Crippen LogP contribution in [-0.4, -0.2) is 30.7 Å². The van der Waals surface area contributed by atoms with Crippen LogP contribution in [-0.2, 0) is 10.0 Å². The van der Waals surface area contributed by atoms with Gasteiger partial charge in [-0.1, -0.05) is 0 Å². The van der Waals surface area contributed by atoms with Gasteiger partial charge in [-0.25, -0.2) is 8.42 Å². The van der Waals surface area contributed by atoms with Crippen molar-refractivity contribution in [2.45, 2.75) is 24.8 Å². The van der Waals surface area contributed by atoms with Crippen LogP contribution in [0.1, 0.15) is 13.8 Å². The average Bonchev–Trinajstić information content (AvgIpc) is 2.27. The molecular weight excluding hydrogens is 258 g/mol. The summed E-state index contributed by atoms with van der Waals surface area (Å²) in [6.45, 7) is 3.35. The molecule has 0 unspecified atom stereocenters. The SMILES string of the molecule is CC(C)N(C)S(=O)(=O)c1cc(N)ccc1[N+](=O)[O-]. The van der Waals surface area contributed by atoms with Gasteiger partial charge in [0.05, 0.1) is 4.92 Å². The fourth-order valence-electron chi connectivity index (χ4n) is 1.32. The number of nitrogen functional groups attached to an aromatic ring is 1. The van der Waals surface area contributed by atoms with E-state index in [1.807, 2.05) is 0 Å². The Morgan fingerprint density at radius 3 is 2.39 bits per heavy atom. The van der Waals surface area contributed by atoms with Crippen molar-refractivity contribution in [1.29, 1.82) is 0 Å². The van der Waals surface area contributed by atoms with Gasteiger partial charge in [0.2, 0.25) is 10.0 Å². The Morgan fingerprint density at radius 2 is 1.94 bits per heavy atom. The monoisotopic (exact) mass is 273 g/mol. The number of nitrogens with two attached hydrogens (primary N) is 1. The summed E-state index contributed by atoms with van der Waals surface area (Å²) in [6, 6.07) is 3.19. The van der Waals surface area contributed by atoms with Crippen LogP contribution in [0.5, 0.6) is 0 Å². The lowest BCUT2D eigenvalue weighted by Crippen LogP contribution is -2.33. The van der Waals surface area contributed by atoms with E-state index >= 15 is 0 Å². The predicted octanol–water partition coefficient (Wildman–Crippen LogP) is 1.21. The third-order valence-electron chi connectivity index (χ3n) is 2.56. The number of rotatable bonds is 4. The molecule has 2 N–H and O–H groups in total. The molecule has 0 fully saturated rings. The van der Waals surface area contributed by atoms with Gasteiger partial charge in [0, 0.05) is 24.8 Å². The Bertz CT molecular complexity index is 568. The molecule has 0 aliphatic rings. The van der Waals surface area contributed by atoms with E-state index < -0.39 is 20.6 Å². The molecule has 0 spiro atoms. The summed E-state index contributed by atoms with van der Waals surface area (Å²) in [7, 11) is -2.56. The van der Waals surface area contributed by atoms with Crippen molar-refractivity contribution >= 4 is 21.4 Å². The van der Waals surface area contributed by atoms with E-state index in [1.54, 1.807) is 13.8 Å². The van der Waals surface area contributed by atoms with Gasteiger partial charge in [0.1, 0.15) is 0 Å². The lowest BCUT2D eigenvalue weighted by Gasteiger charge is -2.20. The first-order valence-electron chi connectivity index (χ1n) is 5.20. The third kappa shape index (κ3) is 2.59. The van der Waals surface area contributed by atoms with E-state index in [4.69, 9.17) is 5.73 Å². The number of hydrogen-bond donors (Lipinski definition) is 1. The maximum absolute atomic E-state index is 12.2. The van der Waals surface area contributed by atoms with Crippen LogP contribution in [0.15, 0.2) is 23.1 Å². The second-order valence-corrected chi connectivity index (χ2v) is 6.07. The van der Waals surface area contributed by atoms with Crippen molar-refractivity contribution < 1.29 is 13.3 Å². The van der Waals surface area contributed by atoms with Crippen LogP contribution in [0.4, 0.5) is 11.4 Å². The second-order valence-electron chi connectivity index (χ2n) is 4.10. The third-order valence-corrected chi connectivity index (χ3v) is 4.63. The fourth-order valence-corrected chi connectivity index (χ4v) is 2.88. The molecule has 8 heteroatoms. The topological polar surface area (TPSA) is 107 Å². The highest BCUT2D eigenvalue weighted by Gasteiger charge is 2.30. The van der Waals surface area contributed by atoms with Crippen LogP contribution in [0, 0.1) is 10.1 Å². The van der Waals surface area contributed by atoms with Gasteiger partial charge >= 0.3 is 0 Å². The highest BCUT2D eigenvalue weighted by atomic mass is 32.2. The molecule has 0 aliphatic heterocycles. The summed E-state index contributed by atoms with van der Waals surface area (Å²) < 4.78 is 25.5. The van der Waals surface area contributed by atoms with Gasteiger partial charge in [-0.2, -0.15) is 4.31 Å². The van der Waals surface area contributed by atoms with Gasteiger partial charge in [-0.05, 0) is 26.0 Å². The molecule has 0 aromatic heterocycles. The molecule has 0 radical (unpaired) electrons. The van der Waals surface area contributed by atoms with Crippen molar-refractivity contribution in [1.82, 2.24) is 4.31 Å². The van der Waals surface area contributed by atoms with E-state index in [0.29, 0.717) is 0 Å². The van der Waals surface area contributed by atoms with Crippen molar-refractivity contribution in [3.63, 3.8) is 0 Å². The molecule has 0 saturated heterocycles. The minimum atomic E-state index is -3.92. The zero-order valence-electron chi connectivity index (χ0n) is 10.3. The number of sulfonamides is 1. The smallest absolute Gasteiger partial charge is 0.289 e. The maximum atomic E-state index is 12.2. The summed E-state index contributed by atoms with van der Waals surface area (Å²) in [5.41, 5.74) is 5.18. The molecule has 1 aromatic rings. The lowest BCUT2D eigenvalue weighted by atomic mass is 10.3. The predicted molar refractivity (Wildman–Crippen MR) is 67.6 cm³/mol. The minimum absolute atomic E-state index is 0.163. The Morgan fingerprint density at radius 1 is 1.39 bits per heavy atom. The molecular formula is C10H15N3O4S. The van der Waals surface area contributed by atoms with E-state index in [-0.39, 0.29) is 16.6 Å². The van der Waals surface area contributed by atoms with Gasteiger partial charge in [-0.15, -0.1) is 0 Å². The molecule has 0 atom stereocenters. The highest BCUT2D eigenvalue weighted by Crippen LogP contribution is 2.28. The Hall–Kier alpha value is -1.67. The van der Waals surface area contributed by atoms with Gasteiger partial charge in [0.25, 0.3) is 5.69 Å². The Balaban J connectivity index is 3.49. The first-order chi connectivity index (χ1) is 8.17. The second kappa shape index (κ2) is 4.91. The van der Waals surface area contributed by atoms with Gasteiger partial charge in [-0.3, -0.25) is 10.1 Å². The number of nitro benzene ring substituents is 1. The molecule has 7 nitrogen and oxygen atoms in total. The van der Waals surface area contributed by atoms with Crippen molar-refractivity contribution in [3.8, 4) is 0 Å². The molecule has 0 aliphatic carbocycles. The molecule has 100 valence electrons. The average molecular weight is 273 g/mol. The minimum Gasteiger partial charge on any atom is -0.399 e. The highest BCUT2D eigenvalue weighted by molar-refractivity contribution is 7.89. The van der Waals surface area contributed by atoms with E-state index in [0.717, 1.165) is 16.4 Å². The zero-order valence-corrected chi connectivity index (χ0v) is 11.1. The van der Waals surface area contributed by atoms with Crippen LogP contribution >= 0.6 is 0 Å². The first kappa shape index (κ1) is 14.4. The maximum Gasteiger partial charge on any atom is 0.289 e. The van der Waals surface area contributed by atoms with Crippen LogP contribution in [0.3, 0.4) is 0 Å². The molecule has 1 rings (SSSR count). The van der Waals surface area contributed by atoms with E-state index in [1.165, 1.54) is 13.1 Å². The molecule has 0 saturated carbocycles. The first-order valence-corrected chi connectivity index (χ1v) is 6.64. The summed E-state index contributed by atoms with van der Waals surface area (Å²) >= 11 is 0. The standard InChI is InChI=1S/C10H15N3O4S/c1-7(2)12(3)18(16,17)10-6-8(11)4-5-9(10)13(14)15/h4-7H,11H2,1-3H3. The summed E-state index contributed by atoms with van der Waals surface area (Å²) in [6.07, 6.45) is 0. The van der Waals surface area contributed by atoms with Crippen LogP contribution in [0.25, 0.3) is 0 Å². The van der Waals surface area contributed by atoms with Gasteiger partial charge < -0.3 is 5.73 Å². The Kier molecular flexibility index (Phi) is 3.92. The van der Waals surface area contributed by atoms with Crippen LogP contribution < -0.4 is 5.73 Å². The van der Waals surface area contributed by atoms with E-state index in [2.05, 4.69) is 0 Å². The summed E-state index contributed by atoms with van der Waals surface area (Å²) in [4.78, 5) is 9.73.